The molecule has 0 saturated heterocycles. The van der Waals surface area contributed by atoms with Gasteiger partial charge in [-0.3, -0.25) is 0 Å². The van der Waals surface area contributed by atoms with Gasteiger partial charge in [-0.15, -0.1) is 0 Å². The maximum absolute atomic E-state index is 13.0. The van der Waals surface area contributed by atoms with Gasteiger partial charge in [0.2, 0.25) is 0 Å². The van der Waals surface area contributed by atoms with Crippen LogP contribution in [0.5, 0.6) is 11.5 Å². The minimum Gasteiger partial charge on any atom is -0.497 e. The van der Waals surface area contributed by atoms with Gasteiger partial charge in [0.05, 0.1) is 37.8 Å². The minimum atomic E-state index is -0.289. The van der Waals surface area contributed by atoms with Gasteiger partial charge in [-0.05, 0) is 42.5 Å². The first-order valence-electron chi connectivity index (χ1n) is 8.18. The zero-order chi connectivity index (χ0) is 19.2. The third-order valence-electron chi connectivity index (χ3n) is 3.82. The lowest BCUT2D eigenvalue weighted by molar-refractivity contribution is 0.405. The number of nitrogens with zero attached hydrogens (tertiary/aromatic N) is 3. The van der Waals surface area contributed by atoms with E-state index >= 15 is 0 Å². The normalized spacial score (nSPS) is 11.3. The van der Waals surface area contributed by atoms with Crippen molar-refractivity contribution in [2.24, 2.45) is 10.7 Å². The number of aromatic nitrogens is 2. The van der Waals surface area contributed by atoms with E-state index in [4.69, 9.17) is 15.2 Å². The smallest absolute Gasteiger partial charge is 0.193 e. The second kappa shape index (κ2) is 8.22. The molecule has 0 aliphatic carbocycles. The van der Waals surface area contributed by atoms with Crippen LogP contribution in [0.3, 0.4) is 0 Å². The SMILES string of the molecule is COc1ccc(OC)c(NC(N)=NCc2ccn(-c3ccc(F)cc3)n2)c1. The summed E-state index contributed by atoms with van der Waals surface area (Å²) >= 11 is 0. The molecule has 0 unspecified atom stereocenters. The first-order valence-corrected chi connectivity index (χ1v) is 8.18. The number of rotatable bonds is 6. The zero-order valence-corrected chi connectivity index (χ0v) is 15.0. The number of hydrogen-bond acceptors (Lipinski definition) is 4. The van der Waals surface area contributed by atoms with Crippen molar-refractivity contribution in [2.75, 3.05) is 19.5 Å². The average molecular weight is 369 g/mol. The number of methoxy groups -OCH3 is 2. The molecule has 7 nitrogen and oxygen atoms in total. The van der Waals surface area contributed by atoms with Crippen LogP contribution in [0.4, 0.5) is 10.1 Å². The Hall–Kier alpha value is -3.55. The van der Waals surface area contributed by atoms with Crippen molar-refractivity contribution in [3.63, 3.8) is 0 Å². The lowest BCUT2D eigenvalue weighted by Crippen LogP contribution is -2.23. The highest BCUT2D eigenvalue weighted by Crippen LogP contribution is 2.28. The predicted molar refractivity (Wildman–Crippen MR) is 102 cm³/mol. The van der Waals surface area contributed by atoms with E-state index in [1.807, 2.05) is 6.07 Å². The standard InChI is InChI=1S/C19H20FN5O2/c1-26-16-7-8-18(27-2)17(11-16)23-19(21)22-12-14-9-10-25(24-14)15-5-3-13(20)4-6-15/h3-11H,12H2,1-2H3,(H3,21,22,23). The van der Waals surface area contributed by atoms with Crippen molar-refractivity contribution in [1.82, 2.24) is 9.78 Å². The number of nitrogens with one attached hydrogen (secondary N) is 1. The van der Waals surface area contributed by atoms with Gasteiger partial charge in [-0.2, -0.15) is 5.10 Å². The highest BCUT2D eigenvalue weighted by molar-refractivity contribution is 5.93. The van der Waals surface area contributed by atoms with Crippen LogP contribution in [0.2, 0.25) is 0 Å². The van der Waals surface area contributed by atoms with Gasteiger partial charge in [0.25, 0.3) is 0 Å². The Bertz CT molecular complexity index is 938. The molecule has 0 amide bonds. The van der Waals surface area contributed by atoms with Gasteiger partial charge in [-0.25, -0.2) is 14.1 Å². The van der Waals surface area contributed by atoms with Gasteiger partial charge in [-0.1, -0.05) is 0 Å². The molecular weight excluding hydrogens is 349 g/mol. The molecule has 0 fully saturated rings. The molecule has 8 heteroatoms. The maximum atomic E-state index is 13.0. The fraction of sp³-hybridized carbons (Fsp3) is 0.158. The molecule has 1 aromatic heterocycles. The molecule has 27 heavy (non-hydrogen) atoms. The van der Waals surface area contributed by atoms with Crippen LogP contribution in [0.25, 0.3) is 5.69 Å². The quantitative estimate of drug-likeness (QED) is 0.515. The van der Waals surface area contributed by atoms with Crippen LogP contribution < -0.4 is 20.5 Å². The Morgan fingerprint density at radius 3 is 2.63 bits per heavy atom. The van der Waals surface area contributed by atoms with Crippen molar-refractivity contribution in [3.8, 4) is 17.2 Å². The predicted octanol–water partition coefficient (Wildman–Crippen LogP) is 2.96. The van der Waals surface area contributed by atoms with Crippen molar-refractivity contribution >= 4 is 11.6 Å². The topological polar surface area (TPSA) is 86.7 Å². The van der Waals surface area contributed by atoms with Gasteiger partial charge >= 0.3 is 0 Å². The van der Waals surface area contributed by atoms with Crippen LogP contribution in [0.15, 0.2) is 59.7 Å². The molecule has 0 spiro atoms. The van der Waals surface area contributed by atoms with Crippen LogP contribution >= 0.6 is 0 Å². The highest BCUT2D eigenvalue weighted by atomic mass is 19.1. The van der Waals surface area contributed by atoms with E-state index in [0.29, 0.717) is 23.7 Å². The molecule has 0 radical (unpaired) electrons. The Morgan fingerprint density at radius 1 is 1.15 bits per heavy atom. The fourth-order valence-corrected chi connectivity index (χ4v) is 2.44. The third kappa shape index (κ3) is 4.55. The molecule has 0 saturated carbocycles. The van der Waals surface area contributed by atoms with Crippen LogP contribution in [0.1, 0.15) is 5.69 Å². The second-order valence-electron chi connectivity index (χ2n) is 5.62. The summed E-state index contributed by atoms with van der Waals surface area (Å²) in [5.41, 5.74) is 8.10. The monoisotopic (exact) mass is 369 g/mol. The van der Waals surface area contributed by atoms with E-state index < -0.39 is 0 Å². The van der Waals surface area contributed by atoms with Gasteiger partial charge < -0.3 is 20.5 Å². The van der Waals surface area contributed by atoms with Crippen LogP contribution in [-0.4, -0.2) is 30.0 Å². The summed E-state index contributed by atoms with van der Waals surface area (Å²) in [6, 6.07) is 13.2. The minimum absolute atomic E-state index is 0.220. The molecule has 2 aromatic carbocycles. The van der Waals surface area contributed by atoms with Gasteiger partial charge in [0, 0.05) is 12.3 Å². The highest BCUT2D eigenvalue weighted by Gasteiger charge is 2.07. The summed E-state index contributed by atoms with van der Waals surface area (Å²) in [5.74, 6) is 1.22. The Morgan fingerprint density at radius 2 is 1.93 bits per heavy atom. The molecule has 3 aromatic rings. The van der Waals surface area contributed by atoms with E-state index in [9.17, 15) is 4.39 Å². The Kier molecular flexibility index (Phi) is 5.55. The van der Waals surface area contributed by atoms with E-state index in [2.05, 4.69) is 15.4 Å². The van der Waals surface area contributed by atoms with Crippen molar-refractivity contribution in [3.05, 3.63) is 66.2 Å². The van der Waals surface area contributed by atoms with Crippen LogP contribution in [-0.2, 0) is 6.54 Å². The second-order valence-corrected chi connectivity index (χ2v) is 5.62. The number of benzene rings is 2. The Balaban J connectivity index is 1.68. The van der Waals surface area contributed by atoms with Crippen LogP contribution in [0, 0.1) is 5.82 Å². The van der Waals surface area contributed by atoms with Crippen molar-refractivity contribution in [1.29, 1.82) is 0 Å². The summed E-state index contributed by atoms with van der Waals surface area (Å²) in [7, 11) is 3.16. The number of ether oxygens (including phenoxy) is 2. The van der Waals surface area contributed by atoms with E-state index in [0.717, 1.165) is 11.4 Å². The molecule has 140 valence electrons. The van der Waals surface area contributed by atoms with E-state index in [1.54, 1.807) is 55.4 Å². The first-order chi connectivity index (χ1) is 13.1. The summed E-state index contributed by atoms with van der Waals surface area (Å²) in [6.07, 6.45) is 1.78. The molecule has 1 heterocycles. The summed E-state index contributed by atoms with van der Waals surface area (Å²) in [4.78, 5) is 4.29. The molecule has 3 N–H and O–H groups in total. The van der Waals surface area contributed by atoms with E-state index in [-0.39, 0.29) is 11.8 Å². The summed E-state index contributed by atoms with van der Waals surface area (Å²) < 4.78 is 25.2. The van der Waals surface area contributed by atoms with Gasteiger partial charge in [0.15, 0.2) is 5.96 Å². The number of guanidine groups is 1. The number of aliphatic imine (C=N–C) groups is 1. The number of hydrogen-bond donors (Lipinski definition) is 2. The summed E-state index contributed by atoms with van der Waals surface area (Å²) in [5, 5.41) is 7.41. The lowest BCUT2D eigenvalue weighted by Gasteiger charge is -2.12. The fourth-order valence-electron chi connectivity index (χ4n) is 2.44. The number of halogens is 1. The molecule has 0 bridgehead atoms. The summed E-state index contributed by atoms with van der Waals surface area (Å²) in [6.45, 7) is 0.291. The Labute approximate surface area is 156 Å². The number of anilines is 1. The maximum Gasteiger partial charge on any atom is 0.193 e. The van der Waals surface area contributed by atoms with Crippen molar-refractivity contribution < 1.29 is 13.9 Å². The molecular formula is C19H20FN5O2. The largest absolute Gasteiger partial charge is 0.497 e. The zero-order valence-electron chi connectivity index (χ0n) is 15.0. The molecule has 0 aliphatic heterocycles. The third-order valence-corrected chi connectivity index (χ3v) is 3.82. The first kappa shape index (κ1) is 18.2. The molecule has 0 aliphatic rings. The molecule has 3 rings (SSSR count). The number of nitrogens with two attached hydrogens (primary N) is 1. The van der Waals surface area contributed by atoms with Crippen molar-refractivity contribution in [2.45, 2.75) is 6.54 Å². The van der Waals surface area contributed by atoms with E-state index in [1.165, 1.54) is 12.1 Å². The lowest BCUT2D eigenvalue weighted by atomic mass is 10.2. The van der Waals surface area contributed by atoms with Gasteiger partial charge in [0.1, 0.15) is 17.3 Å². The average Bonchev–Trinajstić information content (AvgIpc) is 3.16. The molecule has 0 atom stereocenters.